The summed E-state index contributed by atoms with van der Waals surface area (Å²) in [5.74, 6) is -0.0763. The third kappa shape index (κ3) is 4.13. The van der Waals surface area contributed by atoms with Gasteiger partial charge in [0.05, 0.1) is 11.6 Å². The highest BCUT2D eigenvalue weighted by molar-refractivity contribution is 7.17. The van der Waals surface area contributed by atoms with Gasteiger partial charge in [-0.15, -0.1) is 11.3 Å². The van der Waals surface area contributed by atoms with E-state index in [2.05, 4.69) is 52.2 Å². The Labute approximate surface area is 174 Å². The lowest BCUT2D eigenvalue weighted by Gasteiger charge is -2.33. The van der Waals surface area contributed by atoms with E-state index in [9.17, 15) is 4.79 Å². The van der Waals surface area contributed by atoms with E-state index >= 15 is 0 Å². The molecule has 4 rings (SSSR count). The van der Waals surface area contributed by atoms with Crippen molar-refractivity contribution < 1.29 is 9.32 Å². The maximum Gasteiger partial charge on any atom is 0.263 e. The largest absolute Gasteiger partial charge is 0.369 e. The SMILES string of the molecule is CCC(CC)NC(=O)c1cnc(-c2noc3cc(N4CCN(C)CC4)ccc23)s1. The molecule has 3 heterocycles. The topological polar surface area (TPSA) is 74.5 Å². The van der Waals surface area contributed by atoms with Crippen LogP contribution in [0, 0.1) is 0 Å². The summed E-state index contributed by atoms with van der Waals surface area (Å²) < 4.78 is 5.60. The number of piperazine rings is 1. The Morgan fingerprint density at radius 1 is 1.24 bits per heavy atom. The number of thiazole rings is 1. The summed E-state index contributed by atoms with van der Waals surface area (Å²) in [6, 6.07) is 6.39. The van der Waals surface area contributed by atoms with Gasteiger partial charge in [-0.3, -0.25) is 4.79 Å². The zero-order chi connectivity index (χ0) is 20.4. The number of amides is 1. The first-order valence-electron chi connectivity index (χ1n) is 10.2. The van der Waals surface area contributed by atoms with Gasteiger partial charge in [0.15, 0.2) is 5.58 Å². The molecule has 8 heteroatoms. The van der Waals surface area contributed by atoms with Gasteiger partial charge in [-0.1, -0.05) is 19.0 Å². The average Bonchev–Trinajstić information content (AvgIpc) is 3.39. The van der Waals surface area contributed by atoms with Gasteiger partial charge in [-0.05, 0) is 32.0 Å². The molecule has 1 aliphatic heterocycles. The Morgan fingerprint density at radius 3 is 2.72 bits per heavy atom. The standard InChI is InChI=1S/C21H27N5O2S/c1-4-14(5-2)23-20(27)18-13-22-21(29-18)19-16-7-6-15(12-17(16)28-24-19)26-10-8-25(3)9-11-26/h6-7,12-14H,4-5,8-11H2,1-3H3,(H,23,27). The molecule has 154 valence electrons. The van der Waals surface area contributed by atoms with Crippen LogP contribution in [0.5, 0.6) is 0 Å². The molecule has 1 N–H and O–H groups in total. The molecule has 0 aliphatic carbocycles. The van der Waals surface area contributed by atoms with Crippen LogP contribution in [0.2, 0.25) is 0 Å². The minimum absolute atomic E-state index is 0.0763. The minimum atomic E-state index is -0.0763. The van der Waals surface area contributed by atoms with Crippen molar-refractivity contribution in [2.75, 3.05) is 38.1 Å². The number of carbonyl (C=O) groups excluding carboxylic acids is 1. The Bertz CT molecular complexity index is 986. The van der Waals surface area contributed by atoms with Gasteiger partial charge in [0, 0.05) is 44.0 Å². The monoisotopic (exact) mass is 413 g/mol. The highest BCUT2D eigenvalue weighted by Gasteiger charge is 2.20. The second-order valence-electron chi connectivity index (χ2n) is 7.52. The molecule has 1 saturated heterocycles. The maximum absolute atomic E-state index is 12.5. The van der Waals surface area contributed by atoms with E-state index in [0.717, 1.165) is 55.7 Å². The van der Waals surface area contributed by atoms with Crippen LogP contribution in [-0.4, -0.2) is 60.2 Å². The molecule has 0 radical (unpaired) electrons. The number of nitrogens with one attached hydrogen (secondary N) is 1. The molecule has 0 unspecified atom stereocenters. The lowest BCUT2D eigenvalue weighted by molar-refractivity contribution is 0.0939. The first kappa shape index (κ1) is 19.8. The van der Waals surface area contributed by atoms with E-state index in [1.807, 2.05) is 12.1 Å². The summed E-state index contributed by atoms with van der Waals surface area (Å²) >= 11 is 1.35. The molecule has 1 aromatic carbocycles. The molecule has 0 bridgehead atoms. The highest BCUT2D eigenvalue weighted by Crippen LogP contribution is 2.33. The number of rotatable bonds is 6. The van der Waals surface area contributed by atoms with Crippen molar-refractivity contribution in [3.8, 4) is 10.7 Å². The summed E-state index contributed by atoms with van der Waals surface area (Å²) in [4.78, 5) is 22.2. The Morgan fingerprint density at radius 2 is 2.00 bits per heavy atom. The number of carbonyl (C=O) groups is 1. The first-order chi connectivity index (χ1) is 14.1. The fraction of sp³-hybridized carbons (Fsp3) is 0.476. The zero-order valence-electron chi connectivity index (χ0n) is 17.1. The van der Waals surface area contributed by atoms with E-state index in [4.69, 9.17) is 4.52 Å². The van der Waals surface area contributed by atoms with Crippen LogP contribution >= 0.6 is 11.3 Å². The lowest BCUT2D eigenvalue weighted by atomic mass is 10.1. The van der Waals surface area contributed by atoms with Gasteiger partial charge in [-0.2, -0.15) is 0 Å². The summed E-state index contributed by atoms with van der Waals surface area (Å²) in [6.45, 7) is 8.27. The smallest absolute Gasteiger partial charge is 0.263 e. The van der Waals surface area contributed by atoms with Crippen molar-refractivity contribution in [3.05, 3.63) is 29.3 Å². The van der Waals surface area contributed by atoms with Crippen molar-refractivity contribution in [2.45, 2.75) is 32.7 Å². The van der Waals surface area contributed by atoms with E-state index < -0.39 is 0 Å². The molecule has 2 aromatic heterocycles. The van der Waals surface area contributed by atoms with Crippen LogP contribution in [-0.2, 0) is 0 Å². The van der Waals surface area contributed by atoms with E-state index in [0.29, 0.717) is 15.6 Å². The molecule has 3 aromatic rings. The highest BCUT2D eigenvalue weighted by atomic mass is 32.1. The minimum Gasteiger partial charge on any atom is -0.369 e. The molecule has 7 nitrogen and oxygen atoms in total. The van der Waals surface area contributed by atoms with Crippen LogP contribution in [0.25, 0.3) is 21.7 Å². The van der Waals surface area contributed by atoms with Crippen LogP contribution < -0.4 is 10.2 Å². The van der Waals surface area contributed by atoms with Crippen molar-refractivity contribution in [1.29, 1.82) is 0 Å². The van der Waals surface area contributed by atoms with Gasteiger partial charge in [0.25, 0.3) is 5.91 Å². The quantitative estimate of drug-likeness (QED) is 0.665. The summed E-state index contributed by atoms with van der Waals surface area (Å²) in [5, 5.41) is 8.92. The molecule has 1 amide bonds. The molecule has 0 spiro atoms. The molecule has 0 atom stereocenters. The van der Waals surface area contributed by atoms with Crippen LogP contribution in [0.3, 0.4) is 0 Å². The fourth-order valence-electron chi connectivity index (χ4n) is 3.58. The number of fused-ring (bicyclic) bond motifs is 1. The number of anilines is 1. The Kier molecular flexibility index (Phi) is 5.82. The number of aromatic nitrogens is 2. The Balaban J connectivity index is 1.54. The van der Waals surface area contributed by atoms with Crippen LogP contribution in [0.15, 0.2) is 28.9 Å². The molecule has 0 saturated carbocycles. The second-order valence-corrected chi connectivity index (χ2v) is 8.55. The van der Waals surface area contributed by atoms with Crippen molar-refractivity contribution in [3.63, 3.8) is 0 Å². The predicted octanol–water partition coefficient (Wildman–Crippen LogP) is 3.62. The lowest BCUT2D eigenvalue weighted by Crippen LogP contribution is -2.44. The summed E-state index contributed by atoms with van der Waals surface area (Å²) in [7, 11) is 2.15. The van der Waals surface area contributed by atoms with Crippen LogP contribution in [0.1, 0.15) is 36.4 Å². The van der Waals surface area contributed by atoms with Gasteiger partial charge in [0.2, 0.25) is 0 Å². The van der Waals surface area contributed by atoms with E-state index in [1.165, 1.54) is 11.3 Å². The summed E-state index contributed by atoms with van der Waals surface area (Å²) in [5.41, 5.74) is 2.59. The zero-order valence-corrected chi connectivity index (χ0v) is 18.0. The maximum atomic E-state index is 12.5. The number of benzene rings is 1. The van der Waals surface area contributed by atoms with Crippen molar-refractivity contribution >= 4 is 33.9 Å². The molecular weight excluding hydrogens is 386 g/mol. The predicted molar refractivity (Wildman–Crippen MR) is 117 cm³/mol. The van der Waals surface area contributed by atoms with Gasteiger partial charge >= 0.3 is 0 Å². The van der Waals surface area contributed by atoms with Crippen molar-refractivity contribution in [2.24, 2.45) is 0 Å². The second kappa shape index (κ2) is 8.51. The van der Waals surface area contributed by atoms with Crippen LogP contribution in [0.4, 0.5) is 5.69 Å². The Hall–Kier alpha value is -2.45. The number of nitrogens with zero attached hydrogens (tertiary/aromatic N) is 4. The molecule has 1 aliphatic rings. The summed E-state index contributed by atoms with van der Waals surface area (Å²) in [6.07, 6.45) is 3.45. The number of likely N-dealkylation sites (N-methyl/N-ethyl adjacent to an activating group) is 1. The molecule has 1 fully saturated rings. The van der Waals surface area contributed by atoms with Crippen molar-refractivity contribution in [1.82, 2.24) is 20.4 Å². The third-order valence-electron chi connectivity index (χ3n) is 5.58. The van der Waals surface area contributed by atoms with E-state index in [1.54, 1.807) is 6.20 Å². The number of hydrogen-bond donors (Lipinski definition) is 1. The normalized spacial score (nSPS) is 15.4. The number of hydrogen-bond acceptors (Lipinski definition) is 7. The third-order valence-corrected chi connectivity index (χ3v) is 6.58. The first-order valence-corrected chi connectivity index (χ1v) is 11.0. The molecular formula is C21H27N5O2S. The van der Waals surface area contributed by atoms with E-state index in [-0.39, 0.29) is 11.9 Å². The van der Waals surface area contributed by atoms with Gasteiger partial charge < -0.3 is 19.6 Å². The fourth-order valence-corrected chi connectivity index (χ4v) is 4.39. The van der Waals surface area contributed by atoms with Gasteiger partial charge in [0.1, 0.15) is 15.6 Å². The average molecular weight is 414 g/mol. The van der Waals surface area contributed by atoms with Gasteiger partial charge in [-0.25, -0.2) is 4.98 Å². The molecule has 29 heavy (non-hydrogen) atoms.